The quantitative estimate of drug-likeness (QED) is 0.670. The third kappa shape index (κ3) is 4.85. The second-order valence-electron chi connectivity index (χ2n) is 7.43. The summed E-state index contributed by atoms with van der Waals surface area (Å²) in [7, 11) is 1.62. The van der Waals surface area contributed by atoms with Gasteiger partial charge in [-0.15, -0.1) is 0 Å². The summed E-state index contributed by atoms with van der Waals surface area (Å²) in [5.74, 6) is 0.935. The normalized spacial score (nSPS) is 11.0. The number of anilines is 3. The third-order valence-corrected chi connectivity index (χ3v) is 4.27. The number of ether oxygens (including phenoxy) is 1. The molecule has 1 heterocycles. The maximum atomic E-state index is 12.4. The molecule has 28 heavy (non-hydrogen) atoms. The molecule has 0 bridgehead atoms. The lowest BCUT2D eigenvalue weighted by Gasteiger charge is -2.19. The number of amides is 1. The van der Waals surface area contributed by atoms with Crippen LogP contribution in [-0.4, -0.2) is 23.0 Å². The van der Waals surface area contributed by atoms with Crippen molar-refractivity contribution < 1.29 is 9.53 Å². The van der Waals surface area contributed by atoms with Crippen LogP contribution in [0, 0.1) is 0 Å². The van der Waals surface area contributed by atoms with Gasteiger partial charge in [-0.25, -0.2) is 9.97 Å². The van der Waals surface area contributed by atoms with Crippen LogP contribution < -0.4 is 15.4 Å². The molecular weight excluding hydrogens is 352 g/mol. The number of hydrogen-bond donors (Lipinski definition) is 2. The number of methoxy groups -OCH3 is 1. The highest BCUT2D eigenvalue weighted by Crippen LogP contribution is 2.23. The molecule has 0 unspecified atom stereocenters. The second-order valence-corrected chi connectivity index (χ2v) is 7.43. The molecule has 144 valence electrons. The monoisotopic (exact) mass is 376 g/mol. The Bertz CT molecular complexity index is 928. The minimum Gasteiger partial charge on any atom is -0.497 e. The zero-order chi connectivity index (χ0) is 20.1. The second kappa shape index (κ2) is 8.08. The van der Waals surface area contributed by atoms with Gasteiger partial charge in [-0.2, -0.15) is 0 Å². The molecule has 0 aliphatic heterocycles. The van der Waals surface area contributed by atoms with E-state index >= 15 is 0 Å². The Hall–Kier alpha value is -3.41. The summed E-state index contributed by atoms with van der Waals surface area (Å²) >= 11 is 0. The van der Waals surface area contributed by atoms with E-state index in [-0.39, 0.29) is 11.3 Å². The Labute approximate surface area is 165 Å². The van der Waals surface area contributed by atoms with Gasteiger partial charge in [-0.1, -0.05) is 32.9 Å². The molecule has 0 fully saturated rings. The van der Waals surface area contributed by atoms with Gasteiger partial charge in [0.15, 0.2) is 0 Å². The standard InChI is InChI=1S/C22H24N4O2/c1-22(2,3)16-5-7-17(8-6-16)25-20(27)15-13-23-21(24-14-15)26-18-9-11-19(28-4)12-10-18/h5-14H,1-4H3,(H,25,27)(H,23,24,26). The molecule has 0 saturated heterocycles. The van der Waals surface area contributed by atoms with Crippen LogP contribution in [0.5, 0.6) is 5.75 Å². The maximum absolute atomic E-state index is 12.4. The number of carbonyl (C=O) groups is 1. The van der Waals surface area contributed by atoms with Gasteiger partial charge in [0.1, 0.15) is 5.75 Å². The van der Waals surface area contributed by atoms with Crippen molar-refractivity contribution in [2.24, 2.45) is 0 Å². The van der Waals surface area contributed by atoms with Crippen LogP contribution in [0.2, 0.25) is 0 Å². The topological polar surface area (TPSA) is 76.1 Å². The van der Waals surface area contributed by atoms with Crippen LogP contribution in [0.4, 0.5) is 17.3 Å². The molecule has 6 heteroatoms. The molecule has 1 amide bonds. The van der Waals surface area contributed by atoms with E-state index in [1.807, 2.05) is 48.5 Å². The Kier molecular flexibility index (Phi) is 5.59. The van der Waals surface area contributed by atoms with E-state index in [0.717, 1.165) is 17.1 Å². The summed E-state index contributed by atoms with van der Waals surface area (Å²) in [6.45, 7) is 6.46. The summed E-state index contributed by atoms with van der Waals surface area (Å²) < 4.78 is 5.13. The van der Waals surface area contributed by atoms with Crippen molar-refractivity contribution in [3.05, 3.63) is 72.1 Å². The van der Waals surface area contributed by atoms with E-state index in [1.54, 1.807) is 7.11 Å². The average Bonchev–Trinajstić information content (AvgIpc) is 2.69. The van der Waals surface area contributed by atoms with E-state index in [4.69, 9.17) is 4.74 Å². The summed E-state index contributed by atoms with van der Waals surface area (Å²) in [6.07, 6.45) is 3.00. The molecule has 1 aromatic heterocycles. The molecular formula is C22H24N4O2. The van der Waals surface area contributed by atoms with Crippen LogP contribution in [0.1, 0.15) is 36.7 Å². The van der Waals surface area contributed by atoms with Gasteiger partial charge in [0.05, 0.1) is 12.7 Å². The smallest absolute Gasteiger partial charge is 0.258 e. The third-order valence-electron chi connectivity index (χ3n) is 4.27. The Morgan fingerprint density at radius 2 is 1.46 bits per heavy atom. The number of carbonyl (C=O) groups excluding carboxylic acids is 1. The van der Waals surface area contributed by atoms with E-state index in [1.165, 1.54) is 18.0 Å². The van der Waals surface area contributed by atoms with Crippen molar-refractivity contribution in [2.45, 2.75) is 26.2 Å². The van der Waals surface area contributed by atoms with Gasteiger partial charge >= 0.3 is 0 Å². The highest BCUT2D eigenvalue weighted by Gasteiger charge is 2.13. The van der Waals surface area contributed by atoms with Crippen LogP contribution in [-0.2, 0) is 5.41 Å². The van der Waals surface area contributed by atoms with E-state index < -0.39 is 0 Å². The van der Waals surface area contributed by atoms with Crippen LogP contribution >= 0.6 is 0 Å². The number of aromatic nitrogens is 2. The van der Waals surface area contributed by atoms with Crippen molar-refractivity contribution >= 4 is 23.2 Å². The molecule has 0 spiro atoms. The van der Waals surface area contributed by atoms with Crippen molar-refractivity contribution in [2.75, 3.05) is 17.7 Å². The first-order valence-electron chi connectivity index (χ1n) is 9.00. The predicted molar refractivity (Wildman–Crippen MR) is 111 cm³/mol. The molecule has 3 rings (SSSR count). The van der Waals surface area contributed by atoms with Gasteiger partial charge in [-0.3, -0.25) is 4.79 Å². The fraction of sp³-hybridized carbons (Fsp3) is 0.227. The molecule has 6 nitrogen and oxygen atoms in total. The van der Waals surface area contributed by atoms with E-state index in [0.29, 0.717) is 11.5 Å². The van der Waals surface area contributed by atoms with Crippen LogP contribution in [0.25, 0.3) is 0 Å². The largest absolute Gasteiger partial charge is 0.497 e. The zero-order valence-corrected chi connectivity index (χ0v) is 16.5. The zero-order valence-electron chi connectivity index (χ0n) is 16.5. The molecule has 0 saturated carbocycles. The summed E-state index contributed by atoms with van der Waals surface area (Å²) in [6, 6.07) is 15.3. The number of nitrogens with zero attached hydrogens (tertiary/aromatic N) is 2. The SMILES string of the molecule is COc1ccc(Nc2ncc(C(=O)Nc3ccc(C(C)(C)C)cc3)cn2)cc1. The van der Waals surface area contributed by atoms with Gasteiger partial charge in [-0.05, 0) is 47.4 Å². The van der Waals surface area contributed by atoms with Gasteiger partial charge < -0.3 is 15.4 Å². The number of nitrogens with one attached hydrogen (secondary N) is 2. The highest BCUT2D eigenvalue weighted by atomic mass is 16.5. The first kappa shape index (κ1) is 19.4. The van der Waals surface area contributed by atoms with Gasteiger partial charge in [0.2, 0.25) is 5.95 Å². The van der Waals surface area contributed by atoms with E-state index in [9.17, 15) is 4.79 Å². The number of hydrogen-bond acceptors (Lipinski definition) is 5. The fourth-order valence-electron chi connectivity index (χ4n) is 2.57. The molecule has 0 aliphatic rings. The molecule has 2 aromatic carbocycles. The molecule has 0 atom stereocenters. The average molecular weight is 376 g/mol. The molecule has 2 N–H and O–H groups in total. The van der Waals surface area contributed by atoms with Gasteiger partial charge in [0, 0.05) is 23.8 Å². The number of rotatable bonds is 5. The molecule has 3 aromatic rings. The lowest BCUT2D eigenvalue weighted by atomic mass is 9.87. The van der Waals surface area contributed by atoms with Crippen molar-refractivity contribution in [1.29, 1.82) is 0 Å². The minimum atomic E-state index is -0.250. The number of benzene rings is 2. The summed E-state index contributed by atoms with van der Waals surface area (Å²) in [4.78, 5) is 20.8. The first-order chi connectivity index (χ1) is 13.3. The summed E-state index contributed by atoms with van der Waals surface area (Å²) in [5.41, 5.74) is 3.24. The molecule has 0 aliphatic carbocycles. The Morgan fingerprint density at radius 1 is 0.893 bits per heavy atom. The Morgan fingerprint density at radius 3 is 2.00 bits per heavy atom. The Balaban J connectivity index is 1.63. The highest BCUT2D eigenvalue weighted by molar-refractivity contribution is 6.03. The van der Waals surface area contributed by atoms with Crippen molar-refractivity contribution in [1.82, 2.24) is 9.97 Å². The predicted octanol–water partition coefficient (Wildman–Crippen LogP) is 4.78. The molecule has 0 radical (unpaired) electrons. The maximum Gasteiger partial charge on any atom is 0.258 e. The van der Waals surface area contributed by atoms with Gasteiger partial charge in [0.25, 0.3) is 5.91 Å². The lowest BCUT2D eigenvalue weighted by Crippen LogP contribution is -2.14. The van der Waals surface area contributed by atoms with Crippen LogP contribution in [0.3, 0.4) is 0 Å². The van der Waals surface area contributed by atoms with E-state index in [2.05, 4.69) is 41.4 Å². The summed E-state index contributed by atoms with van der Waals surface area (Å²) in [5, 5.41) is 5.95. The minimum absolute atomic E-state index is 0.0725. The van der Waals surface area contributed by atoms with Crippen molar-refractivity contribution in [3.8, 4) is 5.75 Å². The van der Waals surface area contributed by atoms with Crippen LogP contribution in [0.15, 0.2) is 60.9 Å². The first-order valence-corrected chi connectivity index (χ1v) is 9.00. The van der Waals surface area contributed by atoms with Crippen molar-refractivity contribution in [3.63, 3.8) is 0 Å². The fourth-order valence-corrected chi connectivity index (χ4v) is 2.57. The lowest BCUT2D eigenvalue weighted by molar-refractivity contribution is 0.102.